The molecule has 1 aromatic heterocycles. The van der Waals surface area contributed by atoms with Gasteiger partial charge in [0.1, 0.15) is 0 Å². The van der Waals surface area contributed by atoms with Crippen molar-refractivity contribution in [2.75, 3.05) is 25.0 Å². The molecule has 1 heterocycles. The van der Waals surface area contributed by atoms with Crippen LogP contribution in [0, 0.1) is 6.92 Å². The first kappa shape index (κ1) is 13.6. The van der Waals surface area contributed by atoms with Gasteiger partial charge in [0.15, 0.2) is 5.13 Å². The van der Waals surface area contributed by atoms with Gasteiger partial charge in [-0.1, -0.05) is 0 Å². The van der Waals surface area contributed by atoms with E-state index < -0.39 is 11.8 Å². The minimum Gasteiger partial charge on any atom is -0.395 e. The van der Waals surface area contributed by atoms with Crippen LogP contribution in [0.15, 0.2) is 5.38 Å². The van der Waals surface area contributed by atoms with Gasteiger partial charge in [-0.2, -0.15) is 0 Å². The molecule has 0 radical (unpaired) electrons. The molecular formula is C10H15N3O3S. The standard InChI is InChI=1S/C10H15N3O3S/c1-3-13(4-5-14)9(16)8(15)12-10-11-7(2)6-17-10/h6,14H,3-5H2,1-2H3,(H,11,12,15). The summed E-state index contributed by atoms with van der Waals surface area (Å²) in [6.45, 7) is 3.92. The first-order valence-electron chi connectivity index (χ1n) is 5.21. The Morgan fingerprint density at radius 3 is 2.76 bits per heavy atom. The molecule has 0 atom stereocenters. The monoisotopic (exact) mass is 257 g/mol. The number of carbonyl (C=O) groups excluding carboxylic acids is 2. The Kier molecular flexibility index (Phi) is 5.05. The van der Waals surface area contributed by atoms with E-state index in [1.54, 1.807) is 19.2 Å². The van der Waals surface area contributed by atoms with E-state index in [2.05, 4.69) is 10.3 Å². The molecule has 0 aliphatic rings. The molecule has 1 aromatic rings. The predicted molar refractivity (Wildman–Crippen MR) is 64.8 cm³/mol. The van der Waals surface area contributed by atoms with Crippen molar-refractivity contribution in [3.05, 3.63) is 11.1 Å². The van der Waals surface area contributed by atoms with Crippen molar-refractivity contribution in [2.45, 2.75) is 13.8 Å². The van der Waals surface area contributed by atoms with Gasteiger partial charge in [-0.05, 0) is 13.8 Å². The van der Waals surface area contributed by atoms with Crippen molar-refractivity contribution < 1.29 is 14.7 Å². The van der Waals surface area contributed by atoms with Gasteiger partial charge in [-0.3, -0.25) is 14.9 Å². The zero-order valence-corrected chi connectivity index (χ0v) is 10.6. The molecule has 6 nitrogen and oxygen atoms in total. The van der Waals surface area contributed by atoms with Crippen LogP contribution in [-0.4, -0.2) is 46.5 Å². The van der Waals surface area contributed by atoms with Crippen LogP contribution in [0.3, 0.4) is 0 Å². The van der Waals surface area contributed by atoms with E-state index in [1.165, 1.54) is 16.2 Å². The number of anilines is 1. The topological polar surface area (TPSA) is 82.5 Å². The maximum absolute atomic E-state index is 11.7. The molecule has 94 valence electrons. The van der Waals surface area contributed by atoms with Gasteiger partial charge < -0.3 is 10.0 Å². The Morgan fingerprint density at radius 2 is 2.29 bits per heavy atom. The lowest BCUT2D eigenvalue weighted by atomic mass is 10.4. The van der Waals surface area contributed by atoms with Gasteiger partial charge >= 0.3 is 11.8 Å². The summed E-state index contributed by atoms with van der Waals surface area (Å²) in [5.41, 5.74) is 0.792. The minimum atomic E-state index is -0.727. The molecule has 7 heteroatoms. The third kappa shape index (κ3) is 3.79. The molecule has 0 aliphatic heterocycles. The Hall–Kier alpha value is -1.47. The van der Waals surface area contributed by atoms with Gasteiger partial charge in [0.2, 0.25) is 0 Å². The molecule has 0 saturated heterocycles. The van der Waals surface area contributed by atoms with Crippen molar-refractivity contribution in [2.24, 2.45) is 0 Å². The van der Waals surface area contributed by atoms with E-state index in [1.807, 2.05) is 0 Å². The summed E-state index contributed by atoms with van der Waals surface area (Å²) in [5.74, 6) is -1.39. The molecule has 0 aromatic carbocycles. The van der Waals surface area contributed by atoms with Crippen LogP contribution in [0.4, 0.5) is 5.13 Å². The van der Waals surface area contributed by atoms with Crippen LogP contribution in [-0.2, 0) is 9.59 Å². The predicted octanol–water partition coefficient (Wildman–Crippen LogP) is 0.231. The summed E-state index contributed by atoms with van der Waals surface area (Å²) >= 11 is 1.26. The van der Waals surface area contributed by atoms with Crippen molar-refractivity contribution in [1.82, 2.24) is 9.88 Å². The lowest BCUT2D eigenvalue weighted by Crippen LogP contribution is -2.41. The zero-order chi connectivity index (χ0) is 12.8. The van der Waals surface area contributed by atoms with Crippen molar-refractivity contribution in [3.8, 4) is 0 Å². The summed E-state index contributed by atoms with van der Waals surface area (Å²) in [6, 6.07) is 0. The number of likely N-dealkylation sites (N-methyl/N-ethyl adjacent to an activating group) is 1. The van der Waals surface area contributed by atoms with E-state index in [4.69, 9.17) is 5.11 Å². The van der Waals surface area contributed by atoms with Crippen LogP contribution in [0.1, 0.15) is 12.6 Å². The highest BCUT2D eigenvalue weighted by Gasteiger charge is 2.20. The van der Waals surface area contributed by atoms with Crippen LogP contribution >= 0.6 is 11.3 Å². The summed E-state index contributed by atoms with van der Waals surface area (Å²) in [5, 5.41) is 13.4. The maximum atomic E-state index is 11.7. The summed E-state index contributed by atoms with van der Waals surface area (Å²) < 4.78 is 0. The van der Waals surface area contributed by atoms with E-state index in [9.17, 15) is 9.59 Å². The average Bonchev–Trinajstić information content (AvgIpc) is 2.70. The lowest BCUT2D eigenvalue weighted by Gasteiger charge is -2.18. The van der Waals surface area contributed by atoms with E-state index in [-0.39, 0.29) is 13.2 Å². The van der Waals surface area contributed by atoms with Crippen molar-refractivity contribution >= 4 is 28.3 Å². The molecule has 17 heavy (non-hydrogen) atoms. The Balaban J connectivity index is 2.60. The molecule has 2 amide bonds. The molecule has 1 rings (SSSR count). The molecule has 0 aliphatic carbocycles. The SMILES string of the molecule is CCN(CCO)C(=O)C(=O)Nc1nc(C)cs1. The van der Waals surface area contributed by atoms with Crippen molar-refractivity contribution in [3.63, 3.8) is 0 Å². The van der Waals surface area contributed by atoms with Crippen LogP contribution in [0.25, 0.3) is 0 Å². The fourth-order valence-corrected chi connectivity index (χ4v) is 1.91. The average molecular weight is 257 g/mol. The van der Waals surface area contributed by atoms with Gasteiger partial charge in [-0.15, -0.1) is 11.3 Å². The Labute approximate surface area is 103 Å². The normalized spacial score (nSPS) is 10.1. The number of hydrogen-bond acceptors (Lipinski definition) is 5. The number of nitrogens with zero attached hydrogens (tertiary/aromatic N) is 2. The second-order valence-electron chi connectivity index (χ2n) is 3.36. The van der Waals surface area contributed by atoms with E-state index in [0.717, 1.165) is 5.69 Å². The van der Waals surface area contributed by atoms with E-state index >= 15 is 0 Å². The smallest absolute Gasteiger partial charge is 0.315 e. The number of amides is 2. The molecular weight excluding hydrogens is 242 g/mol. The quantitative estimate of drug-likeness (QED) is 0.756. The first-order valence-corrected chi connectivity index (χ1v) is 6.09. The van der Waals surface area contributed by atoms with Crippen molar-refractivity contribution in [1.29, 1.82) is 0 Å². The Morgan fingerprint density at radius 1 is 1.59 bits per heavy atom. The number of aliphatic hydroxyl groups is 1. The number of rotatable bonds is 4. The van der Waals surface area contributed by atoms with Gasteiger partial charge in [0.25, 0.3) is 0 Å². The van der Waals surface area contributed by atoms with Crippen LogP contribution in [0.2, 0.25) is 0 Å². The molecule has 0 spiro atoms. The number of hydrogen-bond donors (Lipinski definition) is 2. The number of aliphatic hydroxyl groups excluding tert-OH is 1. The summed E-state index contributed by atoms with van der Waals surface area (Å²) in [7, 11) is 0. The largest absolute Gasteiger partial charge is 0.395 e. The number of carbonyl (C=O) groups is 2. The van der Waals surface area contributed by atoms with Crippen LogP contribution in [0.5, 0.6) is 0 Å². The Bertz CT molecular complexity index is 405. The molecule has 2 N–H and O–H groups in total. The molecule has 0 saturated carbocycles. The highest BCUT2D eigenvalue weighted by molar-refractivity contribution is 7.14. The van der Waals surface area contributed by atoms with Gasteiger partial charge in [0.05, 0.1) is 12.3 Å². The second kappa shape index (κ2) is 6.31. The number of nitrogens with one attached hydrogen (secondary N) is 1. The third-order valence-electron chi connectivity index (χ3n) is 2.07. The highest BCUT2D eigenvalue weighted by atomic mass is 32.1. The first-order chi connectivity index (χ1) is 8.08. The highest BCUT2D eigenvalue weighted by Crippen LogP contribution is 2.14. The minimum absolute atomic E-state index is 0.152. The summed E-state index contributed by atoms with van der Waals surface area (Å²) in [4.78, 5) is 28.5. The number of thiazole rings is 1. The lowest BCUT2D eigenvalue weighted by molar-refractivity contribution is -0.143. The maximum Gasteiger partial charge on any atom is 0.315 e. The zero-order valence-electron chi connectivity index (χ0n) is 9.77. The second-order valence-corrected chi connectivity index (χ2v) is 4.21. The molecule has 0 unspecified atom stereocenters. The number of aromatic nitrogens is 1. The fraction of sp³-hybridized carbons (Fsp3) is 0.500. The summed E-state index contributed by atoms with van der Waals surface area (Å²) in [6.07, 6.45) is 0. The number of aryl methyl sites for hydroxylation is 1. The van der Waals surface area contributed by atoms with Gasteiger partial charge in [-0.25, -0.2) is 4.98 Å². The van der Waals surface area contributed by atoms with Crippen LogP contribution < -0.4 is 5.32 Å². The van der Waals surface area contributed by atoms with Gasteiger partial charge in [0, 0.05) is 18.5 Å². The molecule has 0 bridgehead atoms. The van der Waals surface area contributed by atoms with E-state index in [0.29, 0.717) is 11.7 Å². The molecule has 0 fully saturated rings. The fourth-order valence-electron chi connectivity index (χ4n) is 1.23. The third-order valence-corrected chi connectivity index (χ3v) is 2.95.